The van der Waals surface area contributed by atoms with Crippen LogP contribution in [0.2, 0.25) is 10.0 Å². The Morgan fingerprint density at radius 3 is 2.34 bits per heavy atom. The number of hydrogen-bond donors (Lipinski definition) is 0. The molecule has 0 aromatic heterocycles. The van der Waals surface area contributed by atoms with Crippen LogP contribution in [0.3, 0.4) is 0 Å². The van der Waals surface area contributed by atoms with E-state index in [9.17, 15) is 19.7 Å². The van der Waals surface area contributed by atoms with Gasteiger partial charge in [-0.2, -0.15) is 0 Å². The number of nitro groups is 1. The second-order valence-electron chi connectivity index (χ2n) is 6.42. The Bertz CT molecular complexity index is 974. The van der Waals surface area contributed by atoms with Crippen LogP contribution in [0, 0.1) is 10.1 Å². The van der Waals surface area contributed by atoms with Crippen LogP contribution < -0.4 is 9.64 Å². The topological polar surface area (TPSA) is 93.0 Å². The minimum atomic E-state index is -0.773. The Kier molecular flexibility index (Phi) is 6.24. The standard InChI is InChI=1S/C19H17Cl2N3O5/c1-12(25)22-6-8-23(9-7-22)16-4-2-13(10-17(16)24(27)28)19(26)29-18-5-3-14(20)11-15(18)21/h2-5,10-11H,6-9H2,1H3. The number of rotatable bonds is 4. The molecular weight excluding hydrogens is 421 g/mol. The molecule has 3 rings (SSSR count). The Labute approximate surface area is 176 Å². The third kappa shape index (κ3) is 4.78. The lowest BCUT2D eigenvalue weighted by atomic mass is 10.1. The van der Waals surface area contributed by atoms with Gasteiger partial charge >= 0.3 is 5.97 Å². The van der Waals surface area contributed by atoms with Crippen molar-refractivity contribution in [3.8, 4) is 5.75 Å². The zero-order valence-corrected chi connectivity index (χ0v) is 16.9. The summed E-state index contributed by atoms with van der Waals surface area (Å²) in [6, 6.07) is 8.55. The van der Waals surface area contributed by atoms with Gasteiger partial charge in [-0.15, -0.1) is 0 Å². The lowest BCUT2D eigenvalue weighted by Gasteiger charge is -2.35. The first-order chi connectivity index (χ1) is 13.8. The van der Waals surface area contributed by atoms with E-state index in [-0.39, 0.29) is 27.9 Å². The van der Waals surface area contributed by atoms with Gasteiger partial charge in [-0.25, -0.2) is 4.79 Å². The Hall–Kier alpha value is -2.84. The number of anilines is 1. The van der Waals surface area contributed by atoms with Crippen LogP contribution in [-0.4, -0.2) is 47.9 Å². The van der Waals surface area contributed by atoms with Crippen LogP contribution in [0.15, 0.2) is 36.4 Å². The number of hydrogen-bond acceptors (Lipinski definition) is 6. The van der Waals surface area contributed by atoms with Crippen molar-refractivity contribution < 1.29 is 19.2 Å². The first kappa shape index (κ1) is 20.9. The predicted octanol–water partition coefficient (Wildman–Crippen LogP) is 3.79. The molecule has 29 heavy (non-hydrogen) atoms. The van der Waals surface area contributed by atoms with Crippen LogP contribution in [-0.2, 0) is 4.79 Å². The predicted molar refractivity (Wildman–Crippen MR) is 109 cm³/mol. The zero-order valence-electron chi connectivity index (χ0n) is 15.4. The number of amides is 1. The highest BCUT2D eigenvalue weighted by Crippen LogP contribution is 2.32. The van der Waals surface area contributed by atoms with Gasteiger partial charge in [0.1, 0.15) is 11.4 Å². The van der Waals surface area contributed by atoms with E-state index in [2.05, 4.69) is 0 Å². The second-order valence-corrected chi connectivity index (χ2v) is 7.26. The Morgan fingerprint density at radius 1 is 1.07 bits per heavy atom. The molecule has 1 aliphatic heterocycles. The average Bonchev–Trinajstić information content (AvgIpc) is 2.69. The third-order valence-electron chi connectivity index (χ3n) is 4.57. The molecule has 2 aromatic rings. The number of nitro benzene ring substituents is 1. The fourth-order valence-corrected chi connectivity index (χ4v) is 3.49. The molecule has 0 atom stereocenters. The van der Waals surface area contributed by atoms with Crippen molar-refractivity contribution in [1.82, 2.24) is 4.90 Å². The molecule has 152 valence electrons. The van der Waals surface area contributed by atoms with E-state index in [0.29, 0.717) is 36.9 Å². The zero-order chi connectivity index (χ0) is 21.1. The SMILES string of the molecule is CC(=O)N1CCN(c2ccc(C(=O)Oc3ccc(Cl)cc3Cl)cc2[N+](=O)[O-])CC1. The van der Waals surface area contributed by atoms with Gasteiger partial charge in [0, 0.05) is 44.2 Å². The molecule has 1 amide bonds. The molecule has 1 fully saturated rings. The lowest BCUT2D eigenvalue weighted by Crippen LogP contribution is -2.48. The highest BCUT2D eigenvalue weighted by atomic mass is 35.5. The fraction of sp³-hybridized carbons (Fsp3) is 0.263. The second kappa shape index (κ2) is 8.67. The minimum Gasteiger partial charge on any atom is -0.421 e. The Balaban J connectivity index is 1.81. The number of carbonyl (C=O) groups excluding carboxylic acids is 2. The highest BCUT2D eigenvalue weighted by Gasteiger charge is 2.26. The maximum atomic E-state index is 12.4. The van der Waals surface area contributed by atoms with Gasteiger partial charge in [-0.3, -0.25) is 14.9 Å². The van der Waals surface area contributed by atoms with Gasteiger partial charge in [0.25, 0.3) is 5.69 Å². The summed E-state index contributed by atoms with van der Waals surface area (Å²) in [5, 5.41) is 12.1. The molecule has 2 aromatic carbocycles. The van der Waals surface area contributed by atoms with Crippen molar-refractivity contribution in [2.24, 2.45) is 0 Å². The van der Waals surface area contributed by atoms with E-state index in [4.69, 9.17) is 27.9 Å². The summed E-state index contributed by atoms with van der Waals surface area (Å²) >= 11 is 11.8. The van der Waals surface area contributed by atoms with Gasteiger partial charge in [0.05, 0.1) is 15.5 Å². The molecule has 10 heteroatoms. The third-order valence-corrected chi connectivity index (χ3v) is 5.10. The molecule has 0 spiro atoms. The highest BCUT2D eigenvalue weighted by molar-refractivity contribution is 6.35. The number of halogens is 2. The maximum absolute atomic E-state index is 12.4. The van der Waals surface area contributed by atoms with Crippen LogP contribution in [0.4, 0.5) is 11.4 Å². The lowest BCUT2D eigenvalue weighted by molar-refractivity contribution is -0.384. The molecule has 0 aliphatic carbocycles. The number of piperazine rings is 1. The van der Waals surface area contributed by atoms with Gasteiger partial charge < -0.3 is 14.5 Å². The first-order valence-electron chi connectivity index (χ1n) is 8.72. The van der Waals surface area contributed by atoms with Gasteiger partial charge in [-0.05, 0) is 30.3 Å². The van der Waals surface area contributed by atoms with E-state index < -0.39 is 10.9 Å². The van der Waals surface area contributed by atoms with Crippen LogP contribution in [0.5, 0.6) is 5.75 Å². The summed E-state index contributed by atoms with van der Waals surface area (Å²) in [5.41, 5.74) is 0.200. The van der Waals surface area contributed by atoms with Crippen molar-refractivity contribution in [2.75, 3.05) is 31.1 Å². The molecule has 1 heterocycles. The quantitative estimate of drug-likeness (QED) is 0.312. The van der Waals surface area contributed by atoms with Crippen LogP contribution in [0.1, 0.15) is 17.3 Å². The molecule has 0 radical (unpaired) electrons. The molecule has 0 bridgehead atoms. The van der Waals surface area contributed by atoms with Crippen molar-refractivity contribution in [2.45, 2.75) is 6.92 Å². The van der Waals surface area contributed by atoms with Crippen molar-refractivity contribution in [3.05, 3.63) is 62.1 Å². The molecule has 1 saturated heterocycles. The fourth-order valence-electron chi connectivity index (χ4n) is 3.04. The van der Waals surface area contributed by atoms with Gasteiger partial charge in [-0.1, -0.05) is 23.2 Å². The van der Waals surface area contributed by atoms with E-state index in [1.165, 1.54) is 43.3 Å². The van der Waals surface area contributed by atoms with E-state index in [1.54, 1.807) is 4.90 Å². The summed E-state index contributed by atoms with van der Waals surface area (Å²) in [6.07, 6.45) is 0. The van der Waals surface area contributed by atoms with Crippen molar-refractivity contribution in [1.29, 1.82) is 0 Å². The summed E-state index contributed by atoms with van der Waals surface area (Å²) in [6.45, 7) is 3.37. The normalized spacial score (nSPS) is 13.9. The van der Waals surface area contributed by atoms with E-state index in [0.717, 1.165) is 0 Å². The number of nitrogens with zero attached hydrogens (tertiary/aromatic N) is 3. The van der Waals surface area contributed by atoms with E-state index >= 15 is 0 Å². The first-order valence-corrected chi connectivity index (χ1v) is 9.48. The average molecular weight is 438 g/mol. The largest absolute Gasteiger partial charge is 0.421 e. The van der Waals surface area contributed by atoms with Crippen LogP contribution >= 0.6 is 23.2 Å². The minimum absolute atomic E-state index is 0.0221. The molecule has 8 nitrogen and oxygen atoms in total. The summed E-state index contributed by atoms with van der Waals surface area (Å²) < 4.78 is 5.24. The number of benzene rings is 2. The molecular formula is C19H17Cl2N3O5. The van der Waals surface area contributed by atoms with Gasteiger partial charge in [0.15, 0.2) is 0 Å². The van der Waals surface area contributed by atoms with Crippen molar-refractivity contribution >= 4 is 46.5 Å². The number of carbonyl (C=O) groups is 2. The molecule has 1 aliphatic rings. The smallest absolute Gasteiger partial charge is 0.343 e. The molecule has 0 saturated carbocycles. The summed E-state index contributed by atoms with van der Waals surface area (Å²) in [4.78, 5) is 38.4. The monoisotopic (exact) mass is 437 g/mol. The molecule has 0 unspecified atom stereocenters. The van der Waals surface area contributed by atoms with Crippen molar-refractivity contribution in [3.63, 3.8) is 0 Å². The number of esters is 1. The van der Waals surface area contributed by atoms with E-state index in [1.807, 2.05) is 4.90 Å². The maximum Gasteiger partial charge on any atom is 0.343 e. The van der Waals surface area contributed by atoms with Gasteiger partial charge in [0.2, 0.25) is 5.91 Å². The number of ether oxygens (including phenoxy) is 1. The summed E-state index contributed by atoms with van der Waals surface area (Å²) in [5.74, 6) is -0.698. The Morgan fingerprint density at radius 2 is 1.76 bits per heavy atom. The molecule has 0 N–H and O–H groups in total. The summed E-state index contributed by atoms with van der Waals surface area (Å²) in [7, 11) is 0. The van der Waals surface area contributed by atoms with Crippen LogP contribution in [0.25, 0.3) is 0 Å².